The predicted octanol–water partition coefficient (Wildman–Crippen LogP) is 2.44. The van der Waals surface area contributed by atoms with Crippen LogP contribution < -0.4 is 10.5 Å². The molecule has 0 aliphatic heterocycles. The Bertz CT molecular complexity index is 471. The number of methoxy groups -OCH3 is 1. The molecule has 0 aliphatic rings. The summed E-state index contributed by atoms with van der Waals surface area (Å²) in [7, 11) is 1.67. The summed E-state index contributed by atoms with van der Waals surface area (Å²) < 4.78 is 7.15. The lowest BCUT2D eigenvalue weighted by Crippen LogP contribution is -2.03. The molecule has 0 aliphatic carbocycles. The number of nitrogens with zero attached hydrogens (tertiary/aromatic N) is 1. The molecule has 1 aromatic carbocycles. The number of rotatable bonds is 3. The third-order valence-corrected chi connectivity index (χ3v) is 2.73. The number of aryl methyl sites for hydroxylation is 1. The molecule has 3 nitrogen and oxygen atoms in total. The van der Waals surface area contributed by atoms with Crippen LogP contribution in [0.1, 0.15) is 11.1 Å². The van der Waals surface area contributed by atoms with Crippen LogP contribution in [0.15, 0.2) is 36.5 Å². The third kappa shape index (κ3) is 2.03. The maximum Gasteiger partial charge on any atom is 0.118 e. The van der Waals surface area contributed by atoms with Gasteiger partial charge in [0.25, 0.3) is 0 Å². The Kier molecular flexibility index (Phi) is 2.86. The number of hydrogen-bond acceptors (Lipinski definition) is 2. The van der Waals surface area contributed by atoms with Gasteiger partial charge >= 0.3 is 0 Å². The maximum atomic E-state index is 5.94. The Morgan fingerprint density at radius 3 is 2.38 bits per heavy atom. The highest BCUT2D eigenvalue weighted by Crippen LogP contribution is 2.16. The van der Waals surface area contributed by atoms with Crippen molar-refractivity contribution in [3.05, 3.63) is 47.7 Å². The summed E-state index contributed by atoms with van der Waals surface area (Å²) in [5.74, 6) is 1.70. The zero-order chi connectivity index (χ0) is 11.5. The van der Waals surface area contributed by atoms with Crippen molar-refractivity contribution in [2.75, 3.05) is 12.8 Å². The molecule has 0 bridgehead atoms. The molecule has 0 saturated carbocycles. The summed E-state index contributed by atoms with van der Waals surface area (Å²) in [6.07, 6.45) is 2.01. The van der Waals surface area contributed by atoms with Gasteiger partial charge in [-0.3, -0.25) is 0 Å². The molecule has 16 heavy (non-hydrogen) atoms. The molecule has 2 rings (SSSR count). The first-order chi connectivity index (χ1) is 7.70. The lowest BCUT2D eigenvalue weighted by molar-refractivity contribution is 0.414. The van der Waals surface area contributed by atoms with Crippen molar-refractivity contribution in [2.24, 2.45) is 0 Å². The SMILES string of the molecule is COc1ccc(Cn2ccc(C)c2N)cc1. The van der Waals surface area contributed by atoms with Crippen molar-refractivity contribution < 1.29 is 4.74 Å². The average molecular weight is 216 g/mol. The van der Waals surface area contributed by atoms with Gasteiger partial charge in [-0.05, 0) is 36.2 Å². The minimum atomic E-state index is 0.795. The van der Waals surface area contributed by atoms with Gasteiger partial charge in [0, 0.05) is 12.7 Å². The van der Waals surface area contributed by atoms with E-state index in [1.807, 2.05) is 48.0 Å². The minimum Gasteiger partial charge on any atom is -0.497 e. The summed E-state index contributed by atoms with van der Waals surface area (Å²) in [5.41, 5.74) is 8.27. The first-order valence-electron chi connectivity index (χ1n) is 5.25. The highest BCUT2D eigenvalue weighted by Gasteiger charge is 2.02. The van der Waals surface area contributed by atoms with Gasteiger partial charge in [0.05, 0.1) is 7.11 Å². The summed E-state index contributed by atoms with van der Waals surface area (Å²) in [6, 6.07) is 10.0. The number of hydrogen-bond donors (Lipinski definition) is 1. The van der Waals surface area contributed by atoms with E-state index in [2.05, 4.69) is 0 Å². The van der Waals surface area contributed by atoms with E-state index < -0.39 is 0 Å². The van der Waals surface area contributed by atoms with Crippen LogP contribution >= 0.6 is 0 Å². The quantitative estimate of drug-likeness (QED) is 0.856. The third-order valence-electron chi connectivity index (χ3n) is 2.73. The lowest BCUT2D eigenvalue weighted by Gasteiger charge is -2.07. The molecule has 0 atom stereocenters. The number of nitrogens with two attached hydrogens (primary N) is 1. The highest BCUT2D eigenvalue weighted by atomic mass is 16.5. The van der Waals surface area contributed by atoms with Crippen molar-refractivity contribution in [1.29, 1.82) is 0 Å². The standard InChI is InChI=1S/C13H16N2O/c1-10-7-8-15(13(10)14)9-11-3-5-12(16-2)6-4-11/h3-8H,9,14H2,1-2H3. The minimum absolute atomic E-state index is 0.795. The summed E-state index contributed by atoms with van der Waals surface area (Å²) >= 11 is 0. The molecular weight excluding hydrogens is 200 g/mol. The van der Waals surface area contributed by atoms with Gasteiger partial charge < -0.3 is 15.0 Å². The maximum absolute atomic E-state index is 5.94. The Labute approximate surface area is 95.5 Å². The topological polar surface area (TPSA) is 40.2 Å². The number of benzene rings is 1. The highest BCUT2D eigenvalue weighted by molar-refractivity contribution is 5.41. The molecule has 84 valence electrons. The van der Waals surface area contributed by atoms with E-state index in [1.165, 1.54) is 5.56 Å². The molecule has 3 heteroatoms. The van der Waals surface area contributed by atoms with Crippen LogP contribution in [0, 0.1) is 6.92 Å². The Hall–Kier alpha value is -1.90. The monoisotopic (exact) mass is 216 g/mol. The number of nitrogen functional groups attached to an aromatic ring is 1. The van der Waals surface area contributed by atoms with Crippen LogP contribution in [0.2, 0.25) is 0 Å². The number of anilines is 1. The largest absolute Gasteiger partial charge is 0.497 e. The molecule has 2 N–H and O–H groups in total. The molecule has 0 saturated heterocycles. The Morgan fingerprint density at radius 1 is 1.19 bits per heavy atom. The van der Waals surface area contributed by atoms with E-state index in [9.17, 15) is 0 Å². The van der Waals surface area contributed by atoms with E-state index in [4.69, 9.17) is 10.5 Å². The van der Waals surface area contributed by atoms with Crippen LogP contribution in [0.25, 0.3) is 0 Å². The molecule has 1 heterocycles. The summed E-state index contributed by atoms with van der Waals surface area (Å²) in [5, 5.41) is 0. The van der Waals surface area contributed by atoms with Crippen LogP contribution in [-0.4, -0.2) is 11.7 Å². The second-order valence-electron chi connectivity index (χ2n) is 3.86. The van der Waals surface area contributed by atoms with E-state index in [1.54, 1.807) is 7.11 Å². The smallest absolute Gasteiger partial charge is 0.118 e. The van der Waals surface area contributed by atoms with Crippen LogP contribution in [0.4, 0.5) is 5.82 Å². The van der Waals surface area contributed by atoms with Crippen molar-refractivity contribution in [2.45, 2.75) is 13.5 Å². The van der Waals surface area contributed by atoms with Gasteiger partial charge in [-0.2, -0.15) is 0 Å². The van der Waals surface area contributed by atoms with Gasteiger partial charge in [0.2, 0.25) is 0 Å². The molecular formula is C13H16N2O. The molecule has 0 unspecified atom stereocenters. The van der Waals surface area contributed by atoms with Crippen molar-refractivity contribution in [3.63, 3.8) is 0 Å². The second-order valence-corrected chi connectivity index (χ2v) is 3.86. The number of aromatic nitrogens is 1. The van der Waals surface area contributed by atoms with E-state index >= 15 is 0 Å². The fourth-order valence-corrected chi connectivity index (χ4v) is 1.66. The lowest BCUT2D eigenvalue weighted by atomic mass is 10.2. The normalized spacial score (nSPS) is 10.4. The average Bonchev–Trinajstić information content (AvgIpc) is 2.62. The molecule has 1 aromatic heterocycles. The molecule has 0 radical (unpaired) electrons. The zero-order valence-electron chi connectivity index (χ0n) is 9.60. The van der Waals surface area contributed by atoms with E-state index in [-0.39, 0.29) is 0 Å². The van der Waals surface area contributed by atoms with E-state index in [0.29, 0.717) is 0 Å². The van der Waals surface area contributed by atoms with Gasteiger partial charge in [-0.15, -0.1) is 0 Å². The van der Waals surface area contributed by atoms with Gasteiger partial charge in [0.15, 0.2) is 0 Å². The summed E-state index contributed by atoms with van der Waals surface area (Å²) in [6.45, 7) is 2.81. The molecule has 2 aromatic rings. The van der Waals surface area contributed by atoms with Gasteiger partial charge in [0.1, 0.15) is 11.6 Å². The predicted molar refractivity (Wildman–Crippen MR) is 65.7 cm³/mol. The fourth-order valence-electron chi connectivity index (χ4n) is 1.66. The Morgan fingerprint density at radius 2 is 1.88 bits per heavy atom. The molecule has 0 spiro atoms. The molecule has 0 amide bonds. The second kappa shape index (κ2) is 4.31. The first-order valence-corrected chi connectivity index (χ1v) is 5.25. The van der Waals surface area contributed by atoms with Crippen LogP contribution in [0.3, 0.4) is 0 Å². The van der Waals surface area contributed by atoms with Gasteiger partial charge in [-0.1, -0.05) is 12.1 Å². The van der Waals surface area contributed by atoms with Gasteiger partial charge in [-0.25, -0.2) is 0 Å². The van der Waals surface area contributed by atoms with Crippen LogP contribution in [-0.2, 0) is 6.54 Å². The summed E-state index contributed by atoms with van der Waals surface area (Å²) in [4.78, 5) is 0. The number of ether oxygens (including phenoxy) is 1. The van der Waals surface area contributed by atoms with Crippen molar-refractivity contribution in [3.8, 4) is 5.75 Å². The Balaban J connectivity index is 2.17. The first kappa shape index (κ1) is 10.6. The zero-order valence-corrected chi connectivity index (χ0v) is 9.60. The fraction of sp³-hybridized carbons (Fsp3) is 0.231. The van der Waals surface area contributed by atoms with Crippen molar-refractivity contribution >= 4 is 5.82 Å². The molecule has 0 fully saturated rings. The van der Waals surface area contributed by atoms with Crippen molar-refractivity contribution in [1.82, 2.24) is 4.57 Å². The van der Waals surface area contributed by atoms with Crippen LogP contribution in [0.5, 0.6) is 5.75 Å². The van der Waals surface area contributed by atoms with E-state index in [0.717, 1.165) is 23.7 Å².